The zero-order chi connectivity index (χ0) is 18.5. The number of hydrogen-bond acceptors (Lipinski definition) is 2. The van der Waals surface area contributed by atoms with Gasteiger partial charge in [0.1, 0.15) is 6.61 Å². The van der Waals surface area contributed by atoms with Crippen LogP contribution < -0.4 is 0 Å². The fraction of sp³-hybridized carbons (Fsp3) is 0.650. The molecule has 1 saturated heterocycles. The molecular weight excluding hydrogens is 394 g/mol. The summed E-state index contributed by atoms with van der Waals surface area (Å²) in [7, 11) is -1.88. The van der Waals surface area contributed by atoms with Gasteiger partial charge in [-0.1, -0.05) is 48.8 Å². The van der Waals surface area contributed by atoms with Crippen molar-refractivity contribution in [3.63, 3.8) is 0 Å². The van der Waals surface area contributed by atoms with Crippen molar-refractivity contribution in [3.05, 3.63) is 33.8 Å². The molecule has 5 heteroatoms. The van der Waals surface area contributed by atoms with Crippen LogP contribution in [0.25, 0.3) is 0 Å². The second kappa shape index (κ2) is 6.50. The molecule has 0 bridgehead atoms. The number of carbonyl (C=O) groups is 1. The molecular formula is C20H30BrNO2Si. The number of rotatable bonds is 3. The monoisotopic (exact) mass is 423 g/mol. The van der Waals surface area contributed by atoms with E-state index >= 15 is 0 Å². The predicted octanol–water partition coefficient (Wildman–Crippen LogP) is 4.89. The maximum atomic E-state index is 12.8. The number of nitrogens with zero attached hydrogens (tertiary/aromatic N) is 1. The minimum absolute atomic E-state index is 0.135. The van der Waals surface area contributed by atoms with Gasteiger partial charge >= 0.3 is 0 Å². The van der Waals surface area contributed by atoms with Gasteiger partial charge in [0.25, 0.3) is 0 Å². The normalized spacial score (nSPS) is 23.4. The number of halogens is 1. The summed E-state index contributed by atoms with van der Waals surface area (Å²) in [4.78, 5) is 14.8. The lowest BCUT2D eigenvalue weighted by Crippen LogP contribution is -2.44. The van der Waals surface area contributed by atoms with E-state index in [4.69, 9.17) is 4.43 Å². The third-order valence-corrected chi connectivity index (χ3v) is 11.8. The molecule has 3 rings (SSSR count). The van der Waals surface area contributed by atoms with Crippen LogP contribution in [0.15, 0.2) is 22.7 Å². The molecule has 1 aromatic rings. The molecule has 1 heterocycles. The Morgan fingerprint density at radius 1 is 1.32 bits per heavy atom. The Hall–Kier alpha value is -0.653. The fourth-order valence-corrected chi connectivity index (χ4v) is 5.35. The molecule has 25 heavy (non-hydrogen) atoms. The van der Waals surface area contributed by atoms with Gasteiger partial charge in [-0.15, -0.1) is 0 Å². The lowest BCUT2D eigenvalue weighted by Gasteiger charge is -2.36. The van der Waals surface area contributed by atoms with Crippen LogP contribution in [0.1, 0.15) is 44.7 Å². The van der Waals surface area contributed by atoms with E-state index < -0.39 is 8.32 Å². The lowest BCUT2D eigenvalue weighted by molar-refractivity contribution is -0.132. The van der Waals surface area contributed by atoms with Crippen molar-refractivity contribution in [1.29, 1.82) is 0 Å². The fourth-order valence-electron chi connectivity index (χ4n) is 3.87. The molecule has 0 saturated carbocycles. The summed E-state index contributed by atoms with van der Waals surface area (Å²) in [5.74, 6) is 0.158. The van der Waals surface area contributed by atoms with Crippen LogP contribution >= 0.6 is 15.9 Å². The van der Waals surface area contributed by atoms with Crippen molar-refractivity contribution >= 4 is 30.2 Å². The van der Waals surface area contributed by atoms with Crippen molar-refractivity contribution in [1.82, 2.24) is 4.90 Å². The average Bonchev–Trinajstić information content (AvgIpc) is 3.11. The topological polar surface area (TPSA) is 29.5 Å². The van der Waals surface area contributed by atoms with Crippen LogP contribution in [0.5, 0.6) is 0 Å². The molecule has 1 spiro atoms. The van der Waals surface area contributed by atoms with Crippen LogP contribution in [0, 0.1) is 0 Å². The maximum absolute atomic E-state index is 12.8. The van der Waals surface area contributed by atoms with Gasteiger partial charge in [0.15, 0.2) is 8.32 Å². The zero-order valence-electron chi connectivity index (χ0n) is 16.1. The molecule has 3 nitrogen and oxygen atoms in total. The lowest BCUT2D eigenvalue weighted by atomic mass is 9.81. The molecule has 1 atom stereocenters. The smallest absolute Gasteiger partial charge is 0.247 e. The van der Waals surface area contributed by atoms with Crippen molar-refractivity contribution in [2.75, 3.05) is 19.7 Å². The first-order chi connectivity index (χ1) is 11.6. The number of benzene rings is 1. The van der Waals surface area contributed by atoms with Gasteiger partial charge < -0.3 is 9.33 Å². The van der Waals surface area contributed by atoms with E-state index in [1.807, 2.05) is 4.90 Å². The van der Waals surface area contributed by atoms with Gasteiger partial charge in [-0.3, -0.25) is 4.79 Å². The van der Waals surface area contributed by atoms with Crippen LogP contribution in [0.4, 0.5) is 0 Å². The van der Waals surface area contributed by atoms with Gasteiger partial charge in [0.05, 0.1) is 0 Å². The Morgan fingerprint density at radius 2 is 2.04 bits per heavy atom. The summed E-state index contributed by atoms with van der Waals surface area (Å²) in [6.45, 7) is 13.0. The number of hydrogen-bond donors (Lipinski definition) is 0. The Bertz CT molecular complexity index is 683. The van der Waals surface area contributed by atoms with Gasteiger partial charge in [-0.25, -0.2) is 0 Å². The predicted molar refractivity (Wildman–Crippen MR) is 108 cm³/mol. The summed E-state index contributed by atoms with van der Waals surface area (Å²) in [5, 5.41) is 0.135. The molecule has 1 fully saturated rings. The molecule has 1 amide bonds. The molecule has 1 aromatic carbocycles. The standard InChI is InChI=1S/C20H30BrNO2Si/c1-19(2,3)25(4,5)24-13-18(23)22-12-11-20(14-22)10-9-15-16(20)7-6-8-17(15)21/h6-8H,9-14H2,1-5H3. The highest BCUT2D eigenvalue weighted by atomic mass is 79.9. The second-order valence-electron chi connectivity index (χ2n) is 9.16. The first-order valence-electron chi connectivity index (χ1n) is 9.25. The first-order valence-corrected chi connectivity index (χ1v) is 13.0. The Kier molecular flexibility index (Phi) is 4.97. The van der Waals surface area contributed by atoms with Gasteiger partial charge in [-0.2, -0.15) is 0 Å². The molecule has 1 aliphatic carbocycles. The molecule has 1 aliphatic heterocycles. The molecule has 2 aliphatic rings. The summed E-state index contributed by atoms with van der Waals surface area (Å²) < 4.78 is 7.36. The van der Waals surface area contributed by atoms with E-state index in [-0.39, 0.29) is 23.0 Å². The minimum Gasteiger partial charge on any atom is -0.408 e. The van der Waals surface area contributed by atoms with E-state index in [0.717, 1.165) is 32.4 Å². The van der Waals surface area contributed by atoms with Crippen molar-refractivity contribution in [3.8, 4) is 0 Å². The molecule has 0 N–H and O–H groups in total. The highest BCUT2D eigenvalue weighted by molar-refractivity contribution is 9.10. The van der Waals surface area contributed by atoms with Gasteiger partial charge in [0.2, 0.25) is 5.91 Å². The first kappa shape index (κ1) is 19.1. The SMILES string of the molecule is CC(C)(C)[Si](C)(C)OCC(=O)N1CCC2(CCc3c(Br)cccc32)C1. The highest BCUT2D eigenvalue weighted by Crippen LogP contribution is 2.47. The van der Waals surface area contributed by atoms with Crippen LogP contribution in [0.3, 0.4) is 0 Å². The second-order valence-corrected chi connectivity index (χ2v) is 14.8. The number of fused-ring (bicyclic) bond motifs is 2. The minimum atomic E-state index is -1.88. The average molecular weight is 424 g/mol. The zero-order valence-corrected chi connectivity index (χ0v) is 18.7. The summed E-state index contributed by atoms with van der Waals surface area (Å²) in [6, 6.07) is 6.51. The number of amides is 1. The number of carbonyl (C=O) groups excluding carboxylic acids is 1. The summed E-state index contributed by atoms with van der Waals surface area (Å²) >= 11 is 3.69. The largest absolute Gasteiger partial charge is 0.408 e. The van der Waals surface area contributed by atoms with E-state index in [1.54, 1.807) is 0 Å². The molecule has 138 valence electrons. The van der Waals surface area contributed by atoms with Crippen molar-refractivity contribution in [2.24, 2.45) is 0 Å². The Labute approximate surface area is 161 Å². The quantitative estimate of drug-likeness (QED) is 0.647. The van der Waals surface area contributed by atoms with Crippen LogP contribution in [0.2, 0.25) is 18.1 Å². The maximum Gasteiger partial charge on any atom is 0.247 e. The van der Waals surface area contributed by atoms with Gasteiger partial charge in [0, 0.05) is 23.0 Å². The van der Waals surface area contributed by atoms with Crippen molar-refractivity contribution < 1.29 is 9.22 Å². The molecule has 0 aromatic heterocycles. The third-order valence-electron chi connectivity index (χ3n) is 6.61. The van der Waals surface area contributed by atoms with E-state index in [2.05, 4.69) is 68.0 Å². The summed E-state index contributed by atoms with van der Waals surface area (Å²) in [6.07, 6.45) is 3.33. The van der Waals surface area contributed by atoms with Gasteiger partial charge in [-0.05, 0) is 54.6 Å². The Balaban J connectivity index is 1.67. The van der Waals surface area contributed by atoms with E-state index in [9.17, 15) is 4.79 Å². The third kappa shape index (κ3) is 3.47. The van der Waals surface area contributed by atoms with Crippen LogP contribution in [-0.2, 0) is 21.1 Å². The molecule has 1 unspecified atom stereocenters. The Morgan fingerprint density at radius 3 is 2.72 bits per heavy atom. The van der Waals surface area contributed by atoms with E-state index in [0.29, 0.717) is 0 Å². The van der Waals surface area contributed by atoms with E-state index in [1.165, 1.54) is 15.6 Å². The highest BCUT2D eigenvalue weighted by Gasteiger charge is 2.46. The summed E-state index contributed by atoms with van der Waals surface area (Å²) in [5.41, 5.74) is 3.04. The molecule has 0 radical (unpaired) electrons. The van der Waals surface area contributed by atoms with Crippen molar-refractivity contribution in [2.45, 2.75) is 63.6 Å². The van der Waals surface area contributed by atoms with Crippen LogP contribution in [-0.4, -0.2) is 38.8 Å². The number of likely N-dealkylation sites (tertiary alicyclic amines) is 1.